The molecule has 1 aliphatic heterocycles. The molecule has 2 rings (SSSR count). The zero-order valence-electron chi connectivity index (χ0n) is 10.0. The lowest BCUT2D eigenvalue weighted by atomic mass is 10.1. The average molecular weight is 254 g/mol. The van der Waals surface area contributed by atoms with Gasteiger partial charge >= 0.3 is 0 Å². The van der Waals surface area contributed by atoms with Crippen molar-refractivity contribution in [3.05, 3.63) is 42.7 Å². The molecule has 0 radical (unpaired) electrons. The van der Waals surface area contributed by atoms with Crippen LogP contribution in [0.2, 0.25) is 0 Å². The molecular weight excluding hydrogens is 234 g/mol. The molecule has 17 heavy (non-hydrogen) atoms. The molecule has 2 heterocycles. The number of nitrogens with one attached hydrogen (secondary N) is 1. The molecular formula is C13H20ClN3. The molecule has 1 atom stereocenters. The van der Waals surface area contributed by atoms with E-state index in [1.54, 1.807) is 0 Å². The molecule has 1 saturated heterocycles. The van der Waals surface area contributed by atoms with E-state index in [9.17, 15) is 0 Å². The van der Waals surface area contributed by atoms with Gasteiger partial charge in [0, 0.05) is 44.6 Å². The summed E-state index contributed by atoms with van der Waals surface area (Å²) in [6.07, 6.45) is 6.84. The smallest absolute Gasteiger partial charge is 0.0488 e. The molecule has 1 N–H and O–H groups in total. The summed E-state index contributed by atoms with van der Waals surface area (Å²) in [4.78, 5) is 6.71. The first-order chi connectivity index (χ1) is 7.92. The second-order valence-corrected chi connectivity index (χ2v) is 4.12. The molecule has 4 heteroatoms. The van der Waals surface area contributed by atoms with Gasteiger partial charge in [0.05, 0.1) is 0 Å². The van der Waals surface area contributed by atoms with Crippen LogP contribution in [0.5, 0.6) is 0 Å². The molecule has 0 spiro atoms. The number of aromatic nitrogens is 1. The van der Waals surface area contributed by atoms with Crippen LogP contribution < -0.4 is 5.32 Å². The van der Waals surface area contributed by atoms with Gasteiger partial charge in [-0.25, -0.2) is 0 Å². The zero-order chi connectivity index (χ0) is 11.2. The van der Waals surface area contributed by atoms with Crippen molar-refractivity contribution in [1.82, 2.24) is 15.2 Å². The van der Waals surface area contributed by atoms with Crippen LogP contribution in [-0.2, 0) is 0 Å². The third-order valence-corrected chi connectivity index (χ3v) is 3.04. The lowest BCUT2D eigenvalue weighted by Crippen LogP contribution is -2.46. The van der Waals surface area contributed by atoms with E-state index in [2.05, 4.69) is 27.8 Å². The minimum absolute atomic E-state index is 0. The SMILES string of the molecule is C=CCCN1CCNCC1c1cccnc1.Cl. The standard InChI is InChI=1S/C13H19N3.ClH/c1-2-3-8-16-9-7-15-11-13(16)12-5-4-6-14-10-12;/h2,4-6,10,13,15H,1,3,7-9,11H2;1H. The molecule has 1 aromatic rings. The number of halogens is 1. The number of piperazine rings is 1. The molecule has 0 saturated carbocycles. The molecule has 1 aliphatic rings. The summed E-state index contributed by atoms with van der Waals surface area (Å²) in [5.41, 5.74) is 1.30. The van der Waals surface area contributed by atoms with Crippen LogP contribution in [0.15, 0.2) is 37.2 Å². The monoisotopic (exact) mass is 253 g/mol. The first-order valence-corrected chi connectivity index (χ1v) is 5.87. The summed E-state index contributed by atoms with van der Waals surface area (Å²) in [6.45, 7) is 8.07. The number of pyridine rings is 1. The Balaban J connectivity index is 0.00000144. The van der Waals surface area contributed by atoms with Crippen LogP contribution >= 0.6 is 12.4 Å². The van der Waals surface area contributed by atoms with Gasteiger partial charge in [-0.2, -0.15) is 0 Å². The van der Waals surface area contributed by atoms with E-state index in [4.69, 9.17) is 0 Å². The fourth-order valence-corrected chi connectivity index (χ4v) is 2.17. The van der Waals surface area contributed by atoms with Crippen LogP contribution in [0.1, 0.15) is 18.0 Å². The van der Waals surface area contributed by atoms with Crippen molar-refractivity contribution < 1.29 is 0 Å². The highest BCUT2D eigenvalue weighted by Gasteiger charge is 2.22. The van der Waals surface area contributed by atoms with Gasteiger partial charge in [-0.05, 0) is 18.1 Å². The topological polar surface area (TPSA) is 28.2 Å². The Labute approximate surface area is 109 Å². The van der Waals surface area contributed by atoms with Crippen molar-refractivity contribution >= 4 is 12.4 Å². The number of rotatable bonds is 4. The molecule has 0 aliphatic carbocycles. The second-order valence-electron chi connectivity index (χ2n) is 4.12. The summed E-state index contributed by atoms with van der Waals surface area (Å²) >= 11 is 0. The number of hydrogen-bond donors (Lipinski definition) is 1. The van der Waals surface area contributed by atoms with E-state index in [0.29, 0.717) is 6.04 Å². The van der Waals surface area contributed by atoms with Gasteiger partial charge in [0.2, 0.25) is 0 Å². The molecule has 94 valence electrons. The minimum atomic E-state index is 0. The Kier molecular flexibility index (Phi) is 6.19. The largest absolute Gasteiger partial charge is 0.314 e. The minimum Gasteiger partial charge on any atom is -0.314 e. The Bertz CT molecular complexity index is 329. The molecule has 1 unspecified atom stereocenters. The molecule has 3 nitrogen and oxygen atoms in total. The van der Waals surface area contributed by atoms with E-state index in [0.717, 1.165) is 32.6 Å². The van der Waals surface area contributed by atoms with Gasteiger partial charge in [-0.1, -0.05) is 12.1 Å². The van der Waals surface area contributed by atoms with Crippen LogP contribution in [0.4, 0.5) is 0 Å². The Morgan fingerprint density at radius 2 is 2.47 bits per heavy atom. The van der Waals surface area contributed by atoms with E-state index in [1.165, 1.54) is 5.56 Å². The molecule has 1 aromatic heterocycles. The van der Waals surface area contributed by atoms with E-state index < -0.39 is 0 Å². The first kappa shape index (κ1) is 14.2. The van der Waals surface area contributed by atoms with Gasteiger partial charge in [-0.3, -0.25) is 9.88 Å². The van der Waals surface area contributed by atoms with E-state index >= 15 is 0 Å². The number of hydrogen-bond acceptors (Lipinski definition) is 3. The normalized spacial score (nSPS) is 20.6. The van der Waals surface area contributed by atoms with Crippen LogP contribution in [0.25, 0.3) is 0 Å². The Hall–Kier alpha value is -0.900. The Morgan fingerprint density at radius 3 is 3.18 bits per heavy atom. The van der Waals surface area contributed by atoms with Crippen molar-refractivity contribution in [2.75, 3.05) is 26.2 Å². The maximum absolute atomic E-state index is 4.20. The second kappa shape index (κ2) is 7.43. The average Bonchev–Trinajstić information content (AvgIpc) is 2.38. The first-order valence-electron chi connectivity index (χ1n) is 5.87. The predicted molar refractivity (Wildman–Crippen MR) is 73.5 cm³/mol. The quantitative estimate of drug-likeness (QED) is 0.833. The Morgan fingerprint density at radius 1 is 1.59 bits per heavy atom. The summed E-state index contributed by atoms with van der Waals surface area (Å²) < 4.78 is 0. The molecule has 0 amide bonds. The molecule has 0 bridgehead atoms. The third-order valence-electron chi connectivity index (χ3n) is 3.04. The van der Waals surface area contributed by atoms with E-state index in [-0.39, 0.29) is 12.4 Å². The summed E-state index contributed by atoms with van der Waals surface area (Å²) in [6, 6.07) is 4.63. The highest BCUT2D eigenvalue weighted by molar-refractivity contribution is 5.85. The van der Waals surface area contributed by atoms with Crippen LogP contribution in [0, 0.1) is 0 Å². The zero-order valence-corrected chi connectivity index (χ0v) is 10.8. The van der Waals surface area contributed by atoms with Crippen molar-refractivity contribution in [3.8, 4) is 0 Å². The van der Waals surface area contributed by atoms with Crippen LogP contribution in [0.3, 0.4) is 0 Å². The fourth-order valence-electron chi connectivity index (χ4n) is 2.17. The lowest BCUT2D eigenvalue weighted by molar-refractivity contribution is 0.165. The summed E-state index contributed by atoms with van der Waals surface area (Å²) in [5, 5.41) is 3.44. The van der Waals surface area contributed by atoms with Crippen molar-refractivity contribution in [2.24, 2.45) is 0 Å². The van der Waals surface area contributed by atoms with Gasteiger partial charge in [0.25, 0.3) is 0 Å². The van der Waals surface area contributed by atoms with Crippen molar-refractivity contribution in [1.29, 1.82) is 0 Å². The molecule has 1 fully saturated rings. The summed E-state index contributed by atoms with van der Waals surface area (Å²) in [5.74, 6) is 0. The van der Waals surface area contributed by atoms with E-state index in [1.807, 2.05) is 24.5 Å². The molecule has 0 aromatic carbocycles. The predicted octanol–water partition coefficient (Wildman–Crippen LogP) is 2.03. The van der Waals surface area contributed by atoms with Gasteiger partial charge < -0.3 is 5.32 Å². The highest BCUT2D eigenvalue weighted by atomic mass is 35.5. The maximum Gasteiger partial charge on any atom is 0.0488 e. The van der Waals surface area contributed by atoms with Gasteiger partial charge in [0.15, 0.2) is 0 Å². The lowest BCUT2D eigenvalue weighted by Gasteiger charge is -2.36. The summed E-state index contributed by atoms with van der Waals surface area (Å²) in [7, 11) is 0. The van der Waals surface area contributed by atoms with Crippen molar-refractivity contribution in [3.63, 3.8) is 0 Å². The van der Waals surface area contributed by atoms with Gasteiger partial charge in [0.1, 0.15) is 0 Å². The maximum atomic E-state index is 4.20. The number of nitrogens with zero attached hydrogens (tertiary/aromatic N) is 2. The van der Waals surface area contributed by atoms with Crippen LogP contribution in [-0.4, -0.2) is 36.1 Å². The highest BCUT2D eigenvalue weighted by Crippen LogP contribution is 2.21. The van der Waals surface area contributed by atoms with Gasteiger partial charge in [-0.15, -0.1) is 19.0 Å². The van der Waals surface area contributed by atoms with Crippen molar-refractivity contribution in [2.45, 2.75) is 12.5 Å². The fraction of sp³-hybridized carbons (Fsp3) is 0.462. The third kappa shape index (κ3) is 3.80.